The minimum atomic E-state index is -3.34. The van der Waals surface area contributed by atoms with E-state index in [4.69, 9.17) is 4.42 Å². The van der Waals surface area contributed by atoms with Crippen molar-refractivity contribution in [3.63, 3.8) is 0 Å². The summed E-state index contributed by atoms with van der Waals surface area (Å²) in [6.45, 7) is 3.02. The Hall–Kier alpha value is -1.63. The topological polar surface area (TPSA) is 71.3 Å². The van der Waals surface area contributed by atoms with E-state index < -0.39 is 10.0 Å². The molecule has 2 aromatic rings. The summed E-state index contributed by atoms with van der Waals surface area (Å²) in [6.07, 6.45) is 7.06. The summed E-state index contributed by atoms with van der Waals surface area (Å²) < 4.78 is 33.7. The molecule has 148 valence electrons. The highest BCUT2D eigenvalue weighted by molar-refractivity contribution is 7.89. The summed E-state index contributed by atoms with van der Waals surface area (Å²) in [5.41, 5.74) is 1.04. The third-order valence-corrected chi connectivity index (χ3v) is 7.07. The third-order valence-electron chi connectivity index (χ3n) is 5.39. The summed E-state index contributed by atoms with van der Waals surface area (Å²) in [5.74, 6) is 0.932. The molecule has 1 unspecified atom stereocenters. The Labute approximate surface area is 162 Å². The Morgan fingerprint density at radius 3 is 2.48 bits per heavy atom. The predicted octanol–water partition coefficient (Wildman–Crippen LogP) is 4.00. The van der Waals surface area contributed by atoms with Crippen molar-refractivity contribution in [2.24, 2.45) is 5.41 Å². The Bertz CT molecular complexity index is 782. The molecule has 5 nitrogen and oxygen atoms in total. The standard InChI is InChI=1S/C21H30N2O3S/c1-21(12-6-3-7-13-21)17-27(24,25)23-16-19(20-11-8-14-26-20)22-15-18-9-4-2-5-10-18/h2,4-5,8-11,14,19,22-23H,3,6-7,12-13,15-17H2,1H3. The summed E-state index contributed by atoms with van der Waals surface area (Å²) in [5, 5.41) is 3.40. The van der Waals surface area contributed by atoms with E-state index in [1.807, 2.05) is 42.5 Å². The summed E-state index contributed by atoms with van der Waals surface area (Å²) in [6, 6.07) is 13.5. The van der Waals surface area contributed by atoms with Gasteiger partial charge in [-0.15, -0.1) is 0 Å². The fraction of sp³-hybridized carbons (Fsp3) is 0.524. The summed E-state index contributed by atoms with van der Waals surface area (Å²) in [7, 11) is -3.34. The summed E-state index contributed by atoms with van der Waals surface area (Å²) >= 11 is 0. The fourth-order valence-electron chi connectivity index (χ4n) is 3.87. The quantitative estimate of drug-likeness (QED) is 0.679. The zero-order valence-corrected chi connectivity index (χ0v) is 16.8. The van der Waals surface area contributed by atoms with Crippen LogP contribution in [0.2, 0.25) is 0 Å². The van der Waals surface area contributed by atoms with Crippen molar-refractivity contribution in [1.82, 2.24) is 10.0 Å². The smallest absolute Gasteiger partial charge is 0.212 e. The minimum Gasteiger partial charge on any atom is -0.468 e. The van der Waals surface area contributed by atoms with Gasteiger partial charge in [0.05, 0.1) is 18.1 Å². The monoisotopic (exact) mass is 390 g/mol. The van der Waals surface area contributed by atoms with Crippen molar-refractivity contribution < 1.29 is 12.8 Å². The van der Waals surface area contributed by atoms with Gasteiger partial charge in [0.25, 0.3) is 0 Å². The van der Waals surface area contributed by atoms with Crippen molar-refractivity contribution in [3.8, 4) is 0 Å². The van der Waals surface area contributed by atoms with Crippen molar-refractivity contribution in [3.05, 3.63) is 60.1 Å². The molecular weight excluding hydrogens is 360 g/mol. The van der Waals surface area contributed by atoms with Crippen LogP contribution < -0.4 is 10.0 Å². The van der Waals surface area contributed by atoms with Crippen LogP contribution in [0.4, 0.5) is 0 Å². The summed E-state index contributed by atoms with van der Waals surface area (Å²) in [4.78, 5) is 0. The van der Waals surface area contributed by atoms with Gasteiger partial charge in [0.1, 0.15) is 5.76 Å². The third kappa shape index (κ3) is 6.19. The van der Waals surface area contributed by atoms with Crippen molar-refractivity contribution in [2.45, 2.75) is 51.6 Å². The van der Waals surface area contributed by atoms with Gasteiger partial charge in [-0.1, -0.05) is 56.5 Å². The van der Waals surface area contributed by atoms with Crippen LogP contribution in [-0.2, 0) is 16.6 Å². The molecule has 1 aliphatic carbocycles. The average molecular weight is 391 g/mol. The lowest BCUT2D eigenvalue weighted by Crippen LogP contribution is -2.40. The van der Waals surface area contributed by atoms with E-state index in [0.29, 0.717) is 6.54 Å². The highest BCUT2D eigenvalue weighted by atomic mass is 32.2. The highest BCUT2D eigenvalue weighted by Crippen LogP contribution is 2.36. The molecule has 0 spiro atoms. The SMILES string of the molecule is CC1(CS(=O)(=O)NCC(NCc2ccccc2)c2ccco2)CCCCC1. The molecule has 1 atom stereocenters. The van der Waals surface area contributed by atoms with E-state index in [9.17, 15) is 8.42 Å². The Balaban J connectivity index is 1.60. The molecule has 1 fully saturated rings. The number of furan rings is 1. The van der Waals surface area contributed by atoms with E-state index in [1.165, 1.54) is 6.42 Å². The van der Waals surface area contributed by atoms with Crippen LogP contribution in [0, 0.1) is 5.41 Å². The molecule has 0 radical (unpaired) electrons. The Morgan fingerprint density at radius 2 is 1.81 bits per heavy atom. The zero-order chi connectivity index (χ0) is 19.2. The molecule has 3 rings (SSSR count). The average Bonchev–Trinajstić information content (AvgIpc) is 3.17. The van der Waals surface area contributed by atoms with Gasteiger partial charge in [-0.05, 0) is 36.0 Å². The second-order valence-electron chi connectivity index (χ2n) is 7.91. The van der Waals surface area contributed by atoms with Crippen LogP contribution in [0.25, 0.3) is 0 Å². The van der Waals surface area contributed by atoms with E-state index in [-0.39, 0.29) is 23.8 Å². The lowest BCUT2D eigenvalue weighted by molar-refractivity contribution is 0.246. The number of hydrogen-bond acceptors (Lipinski definition) is 4. The Kier molecular flexibility index (Phi) is 6.73. The second-order valence-corrected chi connectivity index (χ2v) is 9.72. The van der Waals surface area contributed by atoms with E-state index >= 15 is 0 Å². The number of benzene rings is 1. The van der Waals surface area contributed by atoms with Crippen molar-refractivity contribution in [1.29, 1.82) is 0 Å². The normalized spacial score (nSPS) is 18.3. The molecule has 0 aliphatic heterocycles. The van der Waals surface area contributed by atoms with Crippen molar-refractivity contribution >= 4 is 10.0 Å². The fourth-order valence-corrected chi connectivity index (χ4v) is 5.60. The van der Waals surface area contributed by atoms with Gasteiger partial charge < -0.3 is 9.73 Å². The molecule has 1 aromatic carbocycles. The molecule has 0 amide bonds. The largest absolute Gasteiger partial charge is 0.468 e. The van der Waals surface area contributed by atoms with Gasteiger partial charge in [-0.25, -0.2) is 13.1 Å². The van der Waals surface area contributed by atoms with E-state index in [1.54, 1.807) is 6.26 Å². The first-order chi connectivity index (χ1) is 13.0. The first kappa shape index (κ1) is 20.1. The van der Waals surface area contributed by atoms with Crippen LogP contribution in [0.3, 0.4) is 0 Å². The Morgan fingerprint density at radius 1 is 1.07 bits per heavy atom. The van der Waals surface area contributed by atoms with Gasteiger partial charge in [0.2, 0.25) is 10.0 Å². The number of rotatable bonds is 9. The van der Waals surface area contributed by atoms with Gasteiger partial charge in [0.15, 0.2) is 0 Å². The van der Waals surface area contributed by atoms with Crippen LogP contribution in [0.5, 0.6) is 0 Å². The van der Waals surface area contributed by atoms with Crippen LogP contribution in [0.1, 0.15) is 56.4 Å². The van der Waals surface area contributed by atoms with Crippen LogP contribution >= 0.6 is 0 Å². The maximum atomic E-state index is 12.7. The van der Waals surface area contributed by atoms with Crippen LogP contribution in [-0.4, -0.2) is 20.7 Å². The van der Waals surface area contributed by atoms with Gasteiger partial charge in [0, 0.05) is 13.1 Å². The molecule has 2 N–H and O–H groups in total. The van der Waals surface area contributed by atoms with E-state index in [2.05, 4.69) is 17.0 Å². The maximum absolute atomic E-state index is 12.7. The lowest BCUT2D eigenvalue weighted by atomic mass is 9.77. The van der Waals surface area contributed by atoms with Gasteiger partial charge in [-0.2, -0.15) is 0 Å². The zero-order valence-electron chi connectivity index (χ0n) is 16.0. The second kappa shape index (κ2) is 9.04. The maximum Gasteiger partial charge on any atom is 0.212 e. The molecule has 1 aliphatic rings. The number of nitrogens with one attached hydrogen (secondary N) is 2. The van der Waals surface area contributed by atoms with E-state index in [0.717, 1.165) is 37.0 Å². The first-order valence-corrected chi connectivity index (χ1v) is 11.4. The molecule has 1 aromatic heterocycles. The van der Waals surface area contributed by atoms with Gasteiger partial charge in [-0.3, -0.25) is 0 Å². The predicted molar refractivity (Wildman–Crippen MR) is 108 cm³/mol. The molecule has 0 bridgehead atoms. The molecule has 27 heavy (non-hydrogen) atoms. The lowest BCUT2D eigenvalue weighted by Gasteiger charge is -2.33. The van der Waals surface area contributed by atoms with Gasteiger partial charge >= 0.3 is 0 Å². The first-order valence-electron chi connectivity index (χ1n) is 9.74. The van der Waals surface area contributed by atoms with Crippen LogP contribution in [0.15, 0.2) is 53.1 Å². The van der Waals surface area contributed by atoms with Crippen molar-refractivity contribution in [2.75, 3.05) is 12.3 Å². The number of sulfonamides is 1. The number of hydrogen-bond donors (Lipinski definition) is 2. The molecule has 1 saturated carbocycles. The minimum absolute atomic E-state index is 0.109. The molecule has 1 heterocycles. The molecule has 6 heteroatoms. The molecule has 0 saturated heterocycles. The highest BCUT2D eigenvalue weighted by Gasteiger charge is 2.32. The molecular formula is C21H30N2O3S.